The number of carbonyl (C=O) groups is 1. The Bertz CT molecular complexity index is 462. The summed E-state index contributed by atoms with van der Waals surface area (Å²) in [6.45, 7) is 5.88. The van der Waals surface area contributed by atoms with Gasteiger partial charge in [0.1, 0.15) is 11.6 Å². The summed E-state index contributed by atoms with van der Waals surface area (Å²) in [6, 6.07) is 9.48. The molecule has 1 amide bonds. The normalized spacial score (nSPS) is 19.3. The van der Waals surface area contributed by atoms with Crippen LogP contribution in [0.25, 0.3) is 0 Å². The Hall–Kier alpha value is -1.81. The maximum absolute atomic E-state index is 12.1. The highest BCUT2D eigenvalue weighted by molar-refractivity contribution is 5.68. The summed E-state index contributed by atoms with van der Waals surface area (Å²) in [5, 5.41) is 1.29. The average molecular weight is 261 g/mol. The van der Waals surface area contributed by atoms with Gasteiger partial charge in [0.2, 0.25) is 0 Å². The van der Waals surface area contributed by atoms with E-state index in [0.717, 1.165) is 5.56 Å². The van der Waals surface area contributed by atoms with Gasteiger partial charge in [0, 0.05) is 0 Å². The molecule has 19 heavy (non-hydrogen) atoms. The lowest BCUT2D eigenvalue weighted by atomic mass is 10.1. The van der Waals surface area contributed by atoms with Crippen molar-refractivity contribution in [1.29, 1.82) is 0 Å². The fourth-order valence-electron chi connectivity index (χ4n) is 1.84. The zero-order valence-corrected chi connectivity index (χ0v) is 11.5. The highest BCUT2D eigenvalue weighted by Gasteiger charge is 2.30. The van der Waals surface area contributed by atoms with Crippen molar-refractivity contribution in [1.82, 2.24) is 5.06 Å². The molecular weight excluding hydrogens is 242 g/mol. The van der Waals surface area contributed by atoms with E-state index < -0.39 is 11.7 Å². The summed E-state index contributed by atoms with van der Waals surface area (Å²) in [5.74, 6) is 0. The fraction of sp³-hybridized carbons (Fsp3) is 0.400. The first kappa shape index (κ1) is 13.6. The molecule has 1 heterocycles. The molecule has 0 spiro atoms. The van der Waals surface area contributed by atoms with Crippen LogP contribution in [0.4, 0.5) is 4.79 Å². The van der Waals surface area contributed by atoms with Crippen molar-refractivity contribution in [3.8, 4) is 0 Å². The first-order valence-electron chi connectivity index (χ1n) is 6.34. The van der Waals surface area contributed by atoms with Gasteiger partial charge in [-0.25, -0.2) is 4.79 Å². The molecule has 0 fully saturated rings. The quantitative estimate of drug-likeness (QED) is 0.727. The number of benzene rings is 1. The minimum atomic E-state index is -0.539. The number of hydrogen-bond acceptors (Lipinski definition) is 3. The first-order valence-corrected chi connectivity index (χ1v) is 6.34. The lowest BCUT2D eigenvalue weighted by molar-refractivity contribution is -0.160. The Morgan fingerprint density at radius 3 is 2.63 bits per heavy atom. The van der Waals surface area contributed by atoms with Crippen LogP contribution in [-0.4, -0.2) is 23.4 Å². The fourth-order valence-corrected chi connectivity index (χ4v) is 1.84. The van der Waals surface area contributed by atoms with Crippen molar-refractivity contribution in [3.05, 3.63) is 48.0 Å². The molecule has 2 rings (SSSR count). The van der Waals surface area contributed by atoms with Gasteiger partial charge in [-0.3, -0.25) is 4.84 Å². The Morgan fingerprint density at radius 1 is 1.32 bits per heavy atom. The summed E-state index contributed by atoms with van der Waals surface area (Å²) in [6.07, 6.45) is 3.38. The largest absolute Gasteiger partial charge is 0.442 e. The van der Waals surface area contributed by atoms with Crippen LogP contribution in [0.3, 0.4) is 0 Å². The molecule has 0 radical (unpaired) electrons. The third-order valence-electron chi connectivity index (χ3n) is 2.60. The Kier molecular flexibility index (Phi) is 3.90. The minimum absolute atomic E-state index is 0.246. The standard InChI is InChI=1S/C15H19NO3/c1-15(2,3)19-14(17)16-13(10-7-11-18-16)12-8-5-4-6-9-12/h4-10,13H,11H2,1-3H3. The predicted molar refractivity (Wildman–Crippen MR) is 72.3 cm³/mol. The minimum Gasteiger partial charge on any atom is -0.442 e. The van der Waals surface area contributed by atoms with E-state index in [1.807, 2.05) is 63.3 Å². The molecule has 4 nitrogen and oxygen atoms in total. The van der Waals surface area contributed by atoms with Crippen molar-refractivity contribution < 1.29 is 14.4 Å². The molecule has 0 N–H and O–H groups in total. The van der Waals surface area contributed by atoms with Gasteiger partial charge in [0.25, 0.3) is 0 Å². The second-order valence-electron chi connectivity index (χ2n) is 5.39. The third-order valence-corrected chi connectivity index (χ3v) is 2.60. The van der Waals surface area contributed by atoms with Gasteiger partial charge in [-0.1, -0.05) is 42.5 Å². The van der Waals surface area contributed by atoms with Gasteiger partial charge in [-0.15, -0.1) is 0 Å². The van der Waals surface area contributed by atoms with E-state index in [9.17, 15) is 4.79 Å². The molecule has 1 aliphatic heterocycles. The van der Waals surface area contributed by atoms with Crippen molar-refractivity contribution >= 4 is 6.09 Å². The number of ether oxygens (including phenoxy) is 1. The zero-order chi connectivity index (χ0) is 13.9. The van der Waals surface area contributed by atoms with Gasteiger partial charge < -0.3 is 4.74 Å². The number of nitrogens with zero attached hydrogens (tertiary/aromatic N) is 1. The summed E-state index contributed by atoms with van der Waals surface area (Å²) in [5.41, 5.74) is 0.451. The van der Waals surface area contributed by atoms with Gasteiger partial charge in [0.15, 0.2) is 0 Å². The number of carbonyl (C=O) groups excluding carboxylic acids is 1. The number of rotatable bonds is 1. The molecule has 1 aromatic rings. The molecule has 0 aromatic heterocycles. The van der Waals surface area contributed by atoms with Crippen LogP contribution in [0.2, 0.25) is 0 Å². The van der Waals surface area contributed by atoms with Crippen molar-refractivity contribution in [2.75, 3.05) is 6.61 Å². The molecular formula is C15H19NO3. The molecule has 0 bridgehead atoms. The molecule has 1 aliphatic rings. The Labute approximate surface area is 113 Å². The second kappa shape index (κ2) is 5.45. The van der Waals surface area contributed by atoms with Crippen LogP contribution in [0.15, 0.2) is 42.5 Å². The molecule has 1 aromatic carbocycles. The topological polar surface area (TPSA) is 38.8 Å². The van der Waals surface area contributed by atoms with Crippen LogP contribution in [0.1, 0.15) is 32.4 Å². The smallest absolute Gasteiger partial charge is 0.435 e. The number of hydroxylamine groups is 2. The predicted octanol–water partition coefficient (Wildman–Crippen LogP) is 3.47. The van der Waals surface area contributed by atoms with E-state index in [1.54, 1.807) is 0 Å². The van der Waals surface area contributed by atoms with Crippen molar-refractivity contribution in [2.45, 2.75) is 32.4 Å². The van der Waals surface area contributed by atoms with Gasteiger partial charge in [0.05, 0.1) is 6.61 Å². The molecule has 102 valence electrons. The van der Waals surface area contributed by atoms with E-state index in [4.69, 9.17) is 9.57 Å². The first-order chi connectivity index (χ1) is 8.97. The van der Waals surface area contributed by atoms with Gasteiger partial charge in [-0.2, -0.15) is 5.06 Å². The maximum Gasteiger partial charge on any atom is 0.435 e. The van der Waals surface area contributed by atoms with Crippen LogP contribution in [-0.2, 0) is 9.57 Å². The second-order valence-corrected chi connectivity index (χ2v) is 5.39. The molecule has 0 saturated heterocycles. The molecule has 1 unspecified atom stereocenters. The van der Waals surface area contributed by atoms with Crippen molar-refractivity contribution in [3.63, 3.8) is 0 Å². The van der Waals surface area contributed by atoms with Crippen LogP contribution >= 0.6 is 0 Å². The van der Waals surface area contributed by atoms with E-state index in [0.29, 0.717) is 6.61 Å². The highest BCUT2D eigenvalue weighted by Crippen LogP contribution is 2.27. The lowest BCUT2D eigenvalue weighted by Gasteiger charge is -2.33. The summed E-state index contributed by atoms with van der Waals surface area (Å²) >= 11 is 0. The van der Waals surface area contributed by atoms with Crippen LogP contribution < -0.4 is 0 Å². The van der Waals surface area contributed by atoms with Crippen LogP contribution in [0, 0.1) is 0 Å². The highest BCUT2D eigenvalue weighted by atomic mass is 16.7. The van der Waals surface area contributed by atoms with E-state index in [2.05, 4.69) is 0 Å². The van der Waals surface area contributed by atoms with E-state index in [1.165, 1.54) is 5.06 Å². The Balaban J connectivity index is 2.19. The van der Waals surface area contributed by atoms with E-state index in [-0.39, 0.29) is 6.04 Å². The summed E-state index contributed by atoms with van der Waals surface area (Å²) < 4.78 is 5.36. The average Bonchev–Trinajstić information content (AvgIpc) is 2.38. The van der Waals surface area contributed by atoms with Gasteiger partial charge in [-0.05, 0) is 26.3 Å². The third kappa shape index (κ3) is 3.58. The van der Waals surface area contributed by atoms with Gasteiger partial charge >= 0.3 is 6.09 Å². The van der Waals surface area contributed by atoms with Crippen molar-refractivity contribution in [2.24, 2.45) is 0 Å². The number of amides is 1. The molecule has 0 saturated carbocycles. The summed E-state index contributed by atoms with van der Waals surface area (Å²) in [7, 11) is 0. The SMILES string of the molecule is CC(C)(C)OC(=O)N1OCC=CC1c1ccccc1. The Morgan fingerprint density at radius 2 is 2.00 bits per heavy atom. The maximum atomic E-state index is 12.1. The monoisotopic (exact) mass is 261 g/mol. The molecule has 4 heteroatoms. The van der Waals surface area contributed by atoms with Crippen LogP contribution in [0.5, 0.6) is 0 Å². The van der Waals surface area contributed by atoms with E-state index >= 15 is 0 Å². The summed E-state index contributed by atoms with van der Waals surface area (Å²) in [4.78, 5) is 17.6. The lowest BCUT2D eigenvalue weighted by Crippen LogP contribution is -2.40. The number of hydrogen-bond donors (Lipinski definition) is 0. The molecule has 1 atom stereocenters. The zero-order valence-electron chi connectivity index (χ0n) is 11.5. The molecule has 0 aliphatic carbocycles.